The number of carbonyl (C=O) groups excluding carboxylic acids is 4. The van der Waals surface area contributed by atoms with Crippen LogP contribution >= 0.6 is 0 Å². The van der Waals surface area contributed by atoms with Crippen molar-refractivity contribution < 1.29 is 19.2 Å². The van der Waals surface area contributed by atoms with Crippen molar-refractivity contribution in [2.75, 3.05) is 0 Å². The number of urea groups is 2. The van der Waals surface area contributed by atoms with E-state index in [9.17, 15) is 19.2 Å². The quantitative estimate of drug-likeness (QED) is 0.574. The van der Waals surface area contributed by atoms with Crippen molar-refractivity contribution in [3.05, 3.63) is 35.9 Å². The van der Waals surface area contributed by atoms with Gasteiger partial charge < -0.3 is 10.6 Å². The Morgan fingerprint density at radius 1 is 0.864 bits per heavy atom. The third kappa shape index (κ3) is 2.00. The molecule has 3 rings (SSSR count). The summed E-state index contributed by atoms with van der Waals surface area (Å²) < 4.78 is 0. The second-order valence-corrected chi connectivity index (χ2v) is 5.60. The zero-order chi connectivity index (χ0) is 16.0. The van der Waals surface area contributed by atoms with Gasteiger partial charge in [-0.15, -0.1) is 0 Å². The van der Waals surface area contributed by atoms with E-state index in [4.69, 9.17) is 0 Å². The fraction of sp³-hybridized carbons (Fsp3) is 0.286. The first-order valence-corrected chi connectivity index (χ1v) is 6.68. The van der Waals surface area contributed by atoms with E-state index in [0.717, 1.165) is 0 Å². The molecule has 2 saturated heterocycles. The molecule has 0 aliphatic carbocycles. The lowest BCUT2D eigenvalue weighted by Crippen LogP contribution is -2.55. The number of hydrogen-bond acceptors (Lipinski definition) is 4. The van der Waals surface area contributed by atoms with Crippen LogP contribution in [0.3, 0.4) is 0 Å². The third-order valence-corrected chi connectivity index (χ3v) is 3.94. The van der Waals surface area contributed by atoms with E-state index in [1.54, 1.807) is 30.3 Å². The van der Waals surface area contributed by atoms with Gasteiger partial charge in [0.25, 0.3) is 11.8 Å². The standard InChI is InChI=1S/C14H14N4O4/c1-13(9(19)15-11(21)17-13)7-14(8-5-3-2-4-6-8)10(20)16-12(22)18-14/h2-6H,7H2,1H3,(H2,15,17,19,21)(H2,16,18,20,22)/t13-,14+/m0/s1. The van der Waals surface area contributed by atoms with Gasteiger partial charge in [-0.25, -0.2) is 9.59 Å². The molecule has 1 aromatic carbocycles. The predicted molar refractivity (Wildman–Crippen MR) is 74.5 cm³/mol. The van der Waals surface area contributed by atoms with Crippen molar-refractivity contribution in [2.45, 2.75) is 24.4 Å². The average Bonchev–Trinajstić information content (AvgIpc) is 2.87. The highest BCUT2D eigenvalue weighted by Crippen LogP contribution is 2.34. The Morgan fingerprint density at radius 3 is 1.95 bits per heavy atom. The molecular weight excluding hydrogens is 288 g/mol. The smallest absolute Gasteiger partial charge is 0.322 e. The van der Waals surface area contributed by atoms with Crippen molar-refractivity contribution >= 4 is 23.9 Å². The maximum Gasteiger partial charge on any atom is 0.322 e. The Morgan fingerprint density at radius 2 is 1.45 bits per heavy atom. The molecule has 0 radical (unpaired) electrons. The van der Waals surface area contributed by atoms with E-state index >= 15 is 0 Å². The molecule has 1 aromatic rings. The molecular formula is C14H14N4O4. The van der Waals surface area contributed by atoms with E-state index in [0.29, 0.717) is 5.56 Å². The van der Waals surface area contributed by atoms with Crippen molar-refractivity contribution in [3.8, 4) is 0 Å². The topological polar surface area (TPSA) is 116 Å². The normalized spacial score (nSPS) is 30.6. The summed E-state index contributed by atoms with van der Waals surface area (Å²) in [6.07, 6.45) is -0.0981. The van der Waals surface area contributed by atoms with E-state index in [1.165, 1.54) is 6.92 Å². The van der Waals surface area contributed by atoms with Crippen LogP contribution in [0, 0.1) is 0 Å². The van der Waals surface area contributed by atoms with Gasteiger partial charge in [0.1, 0.15) is 11.1 Å². The van der Waals surface area contributed by atoms with E-state index < -0.39 is 35.0 Å². The second kappa shape index (κ2) is 4.55. The monoisotopic (exact) mass is 302 g/mol. The van der Waals surface area contributed by atoms with Gasteiger partial charge in [0.2, 0.25) is 0 Å². The van der Waals surface area contributed by atoms with Gasteiger partial charge in [-0.2, -0.15) is 0 Å². The molecule has 4 N–H and O–H groups in total. The van der Waals surface area contributed by atoms with E-state index in [2.05, 4.69) is 21.3 Å². The van der Waals surface area contributed by atoms with Crippen LogP contribution in [-0.2, 0) is 15.1 Å². The molecule has 8 heteroatoms. The van der Waals surface area contributed by atoms with Crippen LogP contribution < -0.4 is 21.3 Å². The van der Waals surface area contributed by atoms with E-state index in [-0.39, 0.29) is 6.42 Å². The van der Waals surface area contributed by atoms with Gasteiger partial charge in [-0.1, -0.05) is 30.3 Å². The number of hydrogen-bond donors (Lipinski definition) is 4. The van der Waals surface area contributed by atoms with Gasteiger partial charge in [-0.3, -0.25) is 20.2 Å². The zero-order valence-corrected chi connectivity index (χ0v) is 11.7. The minimum atomic E-state index is -1.41. The summed E-state index contributed by atoms with van der Waals surface area (Å²) in [6, 6.07) is 7.33. The number of nitrogens with one attached hydrogen (secondary N) is 4. The molecule has 0 spiro atoms. The fourth-order valence-corrected chi connectivity index (χ4v) is 2.88. The largest absolute Gasteiger partial charge is 0.323 e. The molecule has 6 amide bonds. The molecule has 2 atom stereocenters. The molecule has 0 bridgehead atoms. The first-order chi connectivity index (χ1) is 10.4. The maximum absolute atomic E-state index is 12.4. The lowest BCUT2D eigenvalue weighted by Gasteiger charge is -2.33. The Labute approximate surface area is 125 Å². The summed E-state index contributed by atoms with van der Waals surface area (Å²) in [5.41, 5.74) is -2.18. The SMILES string of the molecule is C[C@@]1(C[C@]2(c3ccccc3)NC(=O)NC2=O)NC(=O)NC1=O. The fourth-order valence-electron chi connectivity index (χ4n) is 2.88. The third-order valence-electron chi connectivity index (χ3n) is 3.94. The molecule has 22 heavy (non-hydrogen) atoms. The Balaban J connectivity index is 2.05. The molecule has 0 aromatic heterocycles. The first kappa shape index (κ1) is 14.1. The zero-order valence-electron chi connectivity index (χ0n) is 11.7. The lowest BCUT2D eigenvalue weighted by atomic mass is 9.78. The molecule has 0 unspecified atom stereocenters. The minimum Gasteiger partial charge on any atom is -0.323 e. The number of rotatable bonds is 3. The van der Waals surface area contributed by atoms with Crippen LogP contribution in [0.25, 0.3) is 0 Å². The number of imide groups is 2. The van der Waals surface area contributed by atoms with Crippen LogP contribution in [0.4, 0.5) is 9.59 Å². The number of amides is 6. The summed E-state index contributed by atoms with van der Waals surface area (Å²) in [7, 11) is 0. The highest BCUT2D eigenvalue weighted by molar-refractivity contribution is 6.10. The number of carbonyl (C=O) groups is 4. The van der Waals surface area contributed by atoms with Gasteiger partial charge >= 0.3 is 12.1 Å². The van der Waals surface area contributed by atoms with E-state index in [1.807, 2.05) is 0 Å². The van der Waals surface area contributed by atoms with Crippen molar-refractivity contribution in [2.24, 2.45) is 0 Å². The van der Waals surface area contributed by atoms with Crippen molar-refractivity contribution in [3.63, 3.8) is 0 Å². The van der Waals surface area contributed by atoms with Crippen LogP contribution in [0.1, 0.15) is 18.9 Å². The molecule has 8 nitrogen and oxygen atoms in total. The summed E-state index contributed by atoms with van der Waals surface area (Å²) in [4.78, 5) is 47.4. The Hall–Kier alpha value is -2.90. The average molecular weight is 302 g/mol. The van der Waals surface area contributed by atoms with Gasteiger partial charge in [-0.05, 0) is 12.5 Å². The molecule has 114 valence electrons. The number of benzene rings is 1. The van der Waals surface area contributed by atoms with Crippen LogP contribution in [0.5, 0.6) is 0 Å². The van der Waals surface area contributed by atoms with Crippen molar-refractivity contribution in [1.82, 2.24) is 21.3 Å². The lowest BCUT2D eigenvalue weighted by molar-refractivity contribution is -0.128. The summed E-state index contributed by atoms with van der Waals surface area (Å²) in [5.74, 6) is -1.10. The summed E-state index contributed by atoms with van der Waals surface area (Å²) in [6.45, 7) is 1.51. The summed E-state index contributed by atoms with van der Waals surface area (Å²) >= 11 is 0. The van der Waals surface area contributed by atoms with Gasteiger partial charge in [0.15, 0.2) is 0 Å². The Bertz CT molecular complexity index is 689. The molecule has 2 aliphatic heterocycles. The van der Waals surface area contributed by atoms with Gasteiger partial charge in [0.05, 0.1) is 0 Å². The van der Waals surface area contributed by atoms with Gasteiger partial charge in [0, 0.05) is 6.42 Å². The molecule has 2 aliphatic rings. The highest BCUT2D eigenvalue weighted by Gasteiger charge is 2.55. The summed E-state index contributed by atoms with van der Waals surface area (Å²) in [5, 5.41) is 9.43. The van der Waals surface area contributed by atoms with Crippen LogP contribution in [0.15, 0.2) is 30.3 Å². The first-order valence-electron chi connectivity index (χ1n) is 6.68. The maximum atomic E-state index is 12.4. The second-order valence-electron chi connectivity index (χ2n) is 5.60. The minimum absolute atomic E-state index is 0.0981. The highest BCUT2D eigenvalue weighted by atomic mass is 16.2. The molecule has 0 saturated carbocycles. The molecule has 2 heterocycles. The Kier molecular flexibility index (Phi) is 2.91. The van der Waals surface area contributed by atoms with Crippen LogP contribution in [-0.4, -0.2) is 29.4 Å². The van der Waals surface area contributed by atoms with Crippen molar-refractivity contribution in [1.29, 1.82) is 0 Å². The molecule has 2 fully saturated rings. The van der Waals surface area contributed by atoms with Crippen LogP contribution in [0.2, 0.25) is 0 Å². The predicted octanol–water partition coefficient (Wildman–Crippen LogP) is -0.290.